The molecule has 0 N–H and O–H groups in total. The summed E-state index contributed by atoms with van der Waals surface area (Å²) in [6, 6.07) is 19.2. The Bertz CT molecular complexity index is 882. The SMILES string of the molecule is CC(=O)O[C@@H](C(=O)OC[C@@]1(c2ccccc2)CCC(=C(C)C)C1)c1ccccc1. The van der Waals surface area contributed by atoms with Crippen molar-refractivity contribution < 1.29 is 19.1 Å². The average molecular weight is 392 g/mol. The van der Waals surface area contributed by atoms with Crippen LogP contribution in [0.2, 0.25) is 0 Å². The van der Waals surface area contributed by atoms with Crippen molar-refractivity contribution in [2.45, 2.75) is 51.6 Å². The van der Waals surface area contributed by atoms with Crippen LogP contribution in [0.5, 0.6) is 0 Å². The molecule has 1 saturated carbocycles. The third-order valence-electron chi connectivity index (χ3n) is 5.64. The monoisotopic (exact) mass is 392 g/mol. The first-order chi connectivity index (χ1) is 13.9. The standard InChI is InChI=1S/C25H28O4/c1-18(2)21-14-15-25(16-21,22-12-8-5-9-13-22)17-28-24(27)23(29-19(3)26)20-10-6-4-7-11-20/h4-13,23H,14-17H2,1-3H3/t23-,25-/m1/s1. The Hall–Kier alpha value is -2.88. The van der Waals surface area contributed by atoms with Gasteiger partial charge in [-0.15, -0.1) is 0 Å². The molecule has 0 saturated heterocycles. The van der Waals surface area contributed by atoms with E-state index in [2.05, 4.69) is 26.0 Å². The second-order valence-corrected chi connectivity index (χ2v) is 7.93. The van der Waals surface area contributed by atoms with Crippen LogP contribution in [0.15, 0.2) is 71.8 Å². The number of esters is 2. The number of carbonyl (C=O) groups excluding carboxylic acids is 2. The van der Waals surface area contributed by atoms with Crippen molar-refractivity contribution in [2.24, 2.45) is 0 Å². The topological polar surface area (TPSA) is 52.6 Å². The minimum Gasteiger partial charge on any atom is -0.462 e. The highest BCUT2D eigenvalue weighted by molar-refractivity contribution is 5.80. The molecule has 1 fully saturated rings. The molecule has 4 heteroatoms. The second kappa shape index (κ2) is 9.08. The molecule has 4 nitrogen and oxygen atoms in total. The maximum atomic E-state index is 12.9. The second-order valence-electron chi connectivity index (χ2n) is 7.93. The van der Waals surface area contributed by atoms with Crippen molar-refractivity contribution in [1.29, 1.82) is 0 Å². The van der Waals surface area contributed by atoms with Gasteiger partial charge in [0.1, 0.15) is 6.61 Å². The van der Waals surface area contributed by atoms with Gasteiger partial charge in [0.05, 0.1) is 0 Å². The summed E-state index contributed by atoms with van der Waals surface area (Å²) in [5.41, 5.74) is 4.28. The van der Waals surface area contributed by atoms with Gasteiger partial charge in [-0.3, -0.25) is 4.79 Å². The first-order valence-electron chi connectivity index (χ1n) is 10.0. The zero-order valence-electron chi connectivity index (χ0n) is 17.3. The summed E-state index contributed by atoms with van der Waals surface area (Å²) in [4.78, 5) is 24.5. The van der Waals surface area contributed by atoms with Crippen LogP contribution in [0.1, 0.15) is 57.3 Å². The molecule has 0 aliphatic heterocycles. The smallest absolute Gasteiger partial charge is 0.352 e. The first-order valence-corrected chi connectivity index (χ1v) is 10.0. The lowest BCUT2D eigenvalue weighted by molar-refractivity contribution is -0.168. The van der Waals surface area contributed by atoms with Gasteiger partial charge in [0.2, 0.25) is 6.10 Å². The normalized spacial score (nSPS) is 19.5. The van der Waals surface area contributed by atoms with Crippen LogP contribution in [0.3, 0.4) is 0 Å². The number of allylic oxidation sites excluding steroid dienone is 2. The first kappa shape index (κ1) is 20.8. The number of hydrogen-bond acceptors (Lipinski definition) is 4. The fourth-order valence-corrected chi connectivity index (χ4v) is 3.98. The lowest BCUT2D eigenvalue weighted by Gasteiger charge is -2.30. The lowest BCUT2D eigenvalue weighted by atomic mass is 9.79. The molecule has 152 valence electrons. The van der Waals surface area contributed by atoms with Gasteiger partial charge in [0.15, 0.2) is 0 Å². The van der Waals surface area contributed by atoms with E-state index in [4.69, 9.17) is 9.47 Å². The molecule has 2 aromatic rings. The van der Waals surface area contributed by atoms with Crippen LogP contribution in [0.4, 0.5) is 0 Å². The number of ether oxygens (including phenoxy) is 2. The summed E-state index contributed by atoms with van der Waals surface area (Å²) in [5.74, 6) is -1.05. The van der Waals surface area contributed by atoms with E-state index in [1.807, 2.05) is 36.4 Å². The van der Waals surface area contributed by atoms with Gasteiger partial charge in [-0.25, -0.2) is 4.79 Å². The Morgan fingerprint density at radius 2 is 1.59 bits per heavy atom. The Labute approximate surface area is 172 Å². The molecule has 2 aromatic carbocycles. The largest absolute Gasteiger partial charge is 0.462 e. The molecule has 0 bridgehead atoms. The minimum absolute atomic E-state index is 0.249. The molecule has 2 atom stereocenters. The van der Waals surface area contributed by atoms with E-state index < -0.39 is 18.0 Å². The Kier molecular flexibility index (Phi) is 6.53. The van der Waals surface area contributed by atoms with E-state index in [0.717, 1.165) is 19.3 Å². The lowest BCUT2D eigenvalue weighted by Crippen LogP contribution is -2.32. The fraction of sp³-hybridized carbons (Fsp3) is 0.360. The van der Waals surface area contributed by atoms with Gasteiger partial charge in [0.25, 0.3) is 0 Å². The van der Waals surface area contributed by atoms with Crippen molar-refractivity contribution >= 4 is 11.9 Å². The molecule has 0 spiro atoms. The molecule has 3 rings (SSSR count). The maximum absolute atomic E-state index is 12.9. The Balaban J connectivity index is 1.82. The van der Waals surface area contributed by atoms with E-state index in [0.29, 0.717) is 5.56 Å². The average Bonchev–Trinajstić information content (AvgIpc) is 3.18. The van der Waals surface area contributed by atoms with Gasteiger partial charge < -0.3 is 9.47 Å². The van der Waals surface area contributed by atoms with E-state index in [1.165, 1.54) is 23.6 Å². The van der Waals surface area contributed by atoms with Gasteiger partial charge >= 0.3 is 11.9 Å². The molecule has 0 radical (unpaired) electrons. The maximum Gasteiger partial charge on any atom is 0.352 e. The van der Waals surface area contributed by atoms with E-state index in [1.54, 1.807) is 12.1 Å². The molecule has 29 heavy (non-hydrogen) atoms. The van der Waals surface area contributed by atoms with Gasteiger partial charge in [-0.2, -0.15) is 0 Å². The summed E-state index contributed by atoms with van der Waals surface area (Å²) < 4.78 is 11.1. The highest BCUT2D eigenvalue weighted by Crippen LogP contribution is 2.45. The molecule has 0 heterocycles. The number of carbonyl (C=O) groups is 2. The van der Waals surface area contributed by atoms with Crippen molar-refractivity contribution in [3.63, 3.8) is 0 Å². The molecule has 0 amide bonds. The molecule has 0 unspecified atom stereocenters. The van der Waals surface area contributed by atoms with E-state index in [9.17, 15) is 9.59 Å². The summed E-state index contributed by atoms with van der Waals surface area (Å²) in [5, 5.41) is 0. The van der Waals surface area contributed by atoms with Crippen LogP contribution in [-0.2, 0) is 24.5 Å². The van der Waals surface area contributed by atoms with E-state index in [-0.39, 0.29) is 12.0 Å². The number of rotatable bonds is 6. The van der Waals surface area contributed by atoms with Crippen molar-refractivity contribution in [3.8, 4) is 0 Å². The molecule has 0 aromatic heterocycles. The fourth-order valence-electron chi connectivity index (χ4n) is 3.98. The van der Waals surface area contributed by atoms with Crippen molar-refractivity contribution in [3.05, 3.63) is 82.9 Å². The zero-order chi connectivity index (χ0) is 20.9. The highest BCUT2D eigenvalue weighted by Gasteiger charge is 2.40. The van der Waals surface area contributed by atoms with Crippen LogP contribution in [0.25, 0.3) is 0 Å². The van der Waals surface area contributed by atoms with Gasteiger partial charge in [-0.05, 0) is 38.7 Å². The highest BCUT2D eigenvalue weighted by atomic mass is 16.6. The third kappa shape index (κ3) is 4.94. The Morgan fingerprint density at radius 3 is 2.14 bits per heavy atom. The van der Waals surface area contributed by atoms with Gasteiger partial charge in [0, 0.05) is 17.9 Å². The number of benzene rings is 2. The summed E-state index contributed by atoms with van der Waals surface area (Å²) in [6.45, 7) is 5.83. The summed E-state index contributed by atoms with van der Waals surface area (Å²) in [7, 11) is 0. The van der Waals surface area contributed by atoms with E-state index >= 15 is 0 Å². The Morgan fingerprint density at radius 1 is 0.966 bits per heavy atom. The van der Waals surface area contributed by atoms with Crippen LogP contribution >= 0.6 is 0 Å². The van der Waals surface area contributed by atoms with Crippen molar-refractivity contribution in [2.75, 3.05) is 6.61 Å². The van der Waals surface area contributed by atoms with Crippen LogP contribution in [0, 0.1) is 0 Å². The summed E-state index contributed by atoms with van der Waals surface area (Å²) >= 11 is 0. The molecule has 1 aliphatic rings. The zero-order valence-corrected chi connectivity index (χ0v) is 17.3. The van der Waals surface area contributed by atoms with Crippen LogP contribution < -0.4 is 0 Å². The molecular weight excluding hydrogens is 364 g/mol. The quantitative estimate of drug-likeness (QED) is 0.495. The van der Waals surface area contributed by atoms with Crippen LogP contribution in [-0.4, -0.2) is 18.5 Å². The minimum atomic E-state index is -1.05. The third-order valence-corrected chi connectivity index (χ3v) is 5.64. The predicted molar refractivity (Wildman–Crippen MR) is 112 cm³/mol. The van der Waals surface area contributed by atoms with Crippen molar-refractivity contribution in [1.82, 2.24) is 0 Å². The van der Waals surface area contributed by atoms with Gasteiger partial charge in [-0.1, -0.05) is 71.8 Å². The molecule has 1 aliphatic carbocycles. The summed E-state index contributed by atoms with van der Waals surface area (Å²) in [6.07, 6.45) is 1.75. The molecular formula is C25H28O4. The number of hydrogen-bond donors (Lipinski definition) is 0. The predicted octanol–water partition coefficient (Wildman–Crippen LogP) is 5.29.